The summed E-state index contributed by atoms with van der Waals surface area (Å²) < 4.78 is 14.0. The summed E-state index contributed by atoms with van der Waals surface area (Å²) in [6.07, 6.45) is 5.51. The molecular weight excluding hydrogens is 437 g/mol. The van der Waals surface area contributed by atoms with E-state index in [0.29, 0.717) is 12.5 Å². The van der Waals surface area contributed by atoms with E-state index in [4.69, 9.17) is 0 Å². The van der Waals surface area contributed by atoms with Gasteiger partial charge in [0.25, 0.3) is 0 Å². The number of aromatic nitrogens is 1. The standard InChI is InChI=1S/C30H30FN3O/c1-21-7-12-25(13-8-21)33-30(35)34(20-22-5-3-2-4-6-22)26-14-9-23(10-15-26)27-17-18-32-29-16-11-24(31)19-28(27)29/h2-8,11-13,16-19,23,26H,9-10,14-15,20H2,1H3,(H,33,35)/t23-,26-. The highest BCUT2D eigenvalue weighted by molar-refractivity contribution is 5.89. The van der Waals surface area contributed by atoms with Crippen molar-refractivity contribution in [2.24, 2.45) is 0 Å². The number of hydrogen-bond donors (Lipinski definition) is 1. The quantitative estimate of drug-likeness (QED) is 0.331. The molecule has 4 aromatic rings. The molecular formula is C30H30FN3O. The molecule has 1 heterocycles. The van der Waals surface area contributed by atoms with Crippen molar-refractivity contribution in [1.82, 2.24) is 9.88 Å². The third-order valence-electron chi connectivity index (χ3n) is 7.07. The molecule has 0 bridgehead atoms. The minimum atomic E-state index is -0.234. The molecule has 1 aliphatic rings. The first-order chi connectivity index (χ1) is 17.1. The SMILES string of the molecule is Cc1ccc(NC(=O)N(Cc2ccccc2)[C@H]2CC[C@H](c3ccnc4ccc(F)cc43)CC2)cc1. The van der Waals surface area contributed by atoms with Crippen molar-refractivity contribution in [3.8, 4) is 0 Å². The predicted octanol–water partition coefficient (Wildman–Crippen LogP) is 7.44. The Morgan fingerprint density at radius 3 is 2.46 bits per heavy atom. The van der Waals surface area contributed by atoms with Crippen LogP contribution in [-0.2, 0) is 6.54 Å². The summed E-state index contributed by atoms with van der Waals surface area (Å²) in [5, 5.41) is 3.99. The highest BCUT2D eigenvalue weighted by atomic mass is 19.1. The van der Waals surface area contributed by atoms with Crippen LogP contribution in [0, 0.1) is 12.7 Å². The summed E-state index contributed by atoms with van der Waals surface area (Å²) in [6.45, 7) is 2.60. The zero-order chi connectivity index (χ0) is 24.2. The summed E-state index contributed by atoms with van der Waals surface area (Å²) in [4.78, 5) is 19.8. The Morgan fingerprint density at radius 1 is 0.971 bits per heavy atom. The van der Waals surface area contributed by atoms with E-state index in [0.717, 1.165) is 59.0 Å². The maximum absolute atomic E-state index is 14.0. The van der Waals surface area contributed by atoms with Gasteiger partial charge in [-0.15, -0.1) is 0 Å². The molecule has 0 aliphatic heterocycles. The second-order valence-electron chi connectivity index (χ2n) is 9.48. The van der Waals surface area contributed by atoms with Crippen molar-refractivity contribution in [2.75, 3.05) is 5.32 Å². The Bertz CT molecular complexity index is 1300. The van der Waals surface area contributed by atoms with Crippen LogP contribution in [0.4, 0.5) is 14.9 Å². The molecule has 5 heteroatoms. The molecule has 1 aliphatic carbocycles. The van der Waals surface area contributed by atoms with E-state index in [2.05, 4.69) is 22.4 Å². The molecule has 1 fully saturated rings. The average molecular weight is 468 g/mol. The van der Waals surface area contributed by atoms with Crippen molar-refractivity contribution in [2.45, 2.75) is 51.1 Å². The van der Waals surface area contributed by atoms with E-state index in [1.54, 1.807) is 12.1 Å². The lowest BCUT2D eigenvalue weighted by Gasteiger charge is -2.37. The second-order valence-corrected chi connectivity index (χ2v) is 9.48. The van der Waals surface area contributed by atoms with Crippen LogP contribution in [0.15, 0.2) is 85.1 Å². The molecule has 1 saturated carbocycles. The van der Waals surface area contributed by atoms with Crippen LogP contribution in [-0.4, -0.2) is 22.0 Å². The van der Waals surface area contributed by atoms with E-state index in [-0.39, 0.29) is 17.9 Å². The van der Waals surface area contributed by atoms with Gasteiger partial charge in [-0.25, -0.2) is 9.18 Å². The van der Waals surface area contributed by atoms with Gasteiger partial charge in [0.1, 0.15) is 5.82 Å². The minimum Gasteiger partial charge on any atom is -0.317 e. The fraction of sp³-hybridized carbons (Fsp3) is 0.267. The third-order valence-corrected chi connectivity index (χ3v) is 7.07. The number of nitrogens with zero attached hydrogens (tertiary/aromatic N) is 2. The monoisotopic (exact) mass is 467 g/mol. The molecule has 0 atom stereocenters. The number of halogens is 1. The second kappa shape index (κ2) is 10.3. The van der Waals surface area contributed by atoms with Crippen LogP contribution >= 0.6 is 0 Å². The van der Waals surface area contributed by atoms with Crippen molar-refractivity contribution in [3.05, 3.63) is 108 Å². The molecule has 1 aromatic heterocycles. The van der Waals surface area contributed by atoms with Crippen molar-refractivity contribution < 1.29 is 9.18 Å². The number of aryl methyl sites for hydroxylation is 1. The molecule has 3 aromatic carbocycles. The molecule has 5 rings (SSSR count). The van der Waals surface area contributed by atoms with Gasteiger partial charge in [-0.2, -0.15) is 0 Å². The Kier molecular flexibility index (Phi) is 6.75. The van der Waals surface area contributed by atoms with Gasteiger partial charge in [0.15, 0.2) is 0 Å². The fourth-order valence-electron chi connectivity index (χ4n) is 5.17. The Balaban J connectivity index is 1.34. The van der Waals surface area contributed by atoms with Crippen LogP contribution in [0.1, 0.15) is 48.3 Å². The average Bonchev–Trinajstić information content (AvgIpc) is 2.89. The lowest BCUT2D eigenvalue weighted by Crippen LogP contribution is -2.44. The molecule has 2 amide bonds. The number of pyridine rings is 1. The van der Waals surface area contributed by atoms with E-state index in [1.165, 1.54) is 6.07 Å². The van der Waals surface area contributed by atoms with Gasteiger partial charge < -0.3 is 10.2 Å². The largest absolute Gasteiger partial charge is 0.322 e. The highest BCUT2D eigenvalue weighted by Crippen LogP contribution is 2.38. The number of carbonyl (C=O) groups excluding carboxylic acids is 1. The molecule has 4 nitrogen and oxygen atoms in total. The van der Waals surface area contributed by atoms with Crippen LogP contribution in [0.25, 0.3) is 10.9 Å². The first-order valence-electron chi connectivity index (χ1n) is 12.3. The van der Waals surface area contributed by atoms with Gasteiger partial charge in [0.05, 0.1) is 5.52 Å². The number of rotatable bonds is 5. The molecule has 0 radical (unpaired) electrons. The molecule has 1 N–H and O–H groups in total. The summed E-state index contributed by atoms with van der Waals surface area (Å²) in [7, 11) is 0. The maximum atomic E-state index is 14.0. The topological polar surface area (TPSA) is 45.2 Å². The van der Waals surface area contributed by atoms with E-state index in [1.807, 2.05) is 66.6 Å². The van der Waals surface area contributed by atoms with Gasteiger partial charge in [0, 0.05) is 29.9 Å². The van der Waals surface area contributed by atoms with Gasteiger partial charge in [-0.05, 0) is 86.1 Å². The van der Waals surface area contributed by atoms with Crippen molar-refractivity contribution in [1.29, 1.82) is 0 Å². The zero-order valence-electron chi connectivity index (χ0n) is 20.0. The number of amides is 2. The van der Waals surface area contributed by atoms with Crippen LogP contribution in [0.2, 0.25) is 0 Å². The number of nitrogens with one attached hydrogen (secondary N) is 1. The smallest absolute Gasteiger partial charge is 0.317 e. The number of carbonyl (C=O) groups is 1. The first kappa shape index (κ1) is 23.0. The summed E-state index contributed by atoms with van der Waals surface area (Å²) in [5.41, 5.74) is 5.06. The van der Waals surface area contributed by atoms with Crippen LogP contribution < -0.4 is 5.32 Å². The third kappa shape index (κ3) is 5.35. The lowest BCUT2D eigenvalue weighted by molar-refractivity contribution is 0.158. The van der Waals surface area contributed by atoms with Crippen LogP contribution in [0.5, 0.6) is 0 Å². The van der Waals surface area contributed by atoms with Gasteiger partial charge >= 0.3 is 6.03 Å². The van der Waals surface area contributed by atoms with Crippen molar-refractivity contribution >= 4 is 22.6 Å². The zero-order valence-corrected chi connectivity index (χ0v) is 20.0. The summed E-state index contributed by atoms with van der Waals surface area (Å²) >= 11 is 0. The minimum absolute atomic E-state index is 0.0717. The normalized spacial score (nSPS) is 17.8. The van der Waals surface area contributed by atoms with Crippen molar-refractivity contribution in [3.63, 3.8) is 0 Å². The fourth-order valence-corrected chi connectivity index (χ4v) is 5.17. The van der Waals surface area contributed by atoms with Gasteiger partial charge in [0.2, 0.25) is 0 Å². The van der Waals surface area contributed by atoms with Gasteiger partial charge in [-0.3, -0.25) is 4.98 Å². The van der Waals surface area contributed by atoms with Crippen LogP contribution in [0.3, 0.4) is 0 Å². The van der Waals surface area contributed by atoms with E-state index >= 15 is 0 Å². The molecule has 0 saturated heterocycles. The van der Waals surface area contributed by atoms with E-state index < -0.39 is 0 Å². The Labute approximate surface area is 205 Å². The first-order valence-corrected chi connectivity index (χ1v) is 12.3. The van der Waals surface area contributed by atoms with Gasteiger partial charge in [-0.1, -0.05) is 48.0 Å². The number of benzene rings is 3. The predicted molar refractivity (Wildman–Crippen MR) is 139 cm³/mol. The number of fused-ring (bicyclic) bond motifs is 1. The number of urea groups is 1. The Morgan fingerprint density at radius 2 is 1.71 bits per heavy atom. The molecule has 0 unspecified atom stereocenters. The highest BCUT2D eigenvalue weighted by Gasteiger charge is 2.30. The number of hydrogen-bond acceptors (Lipinski definition) is 2. The summed E-state index contributed by atoms with van der Waals surface area (Å²) in [5.74, 6) is 0.0968. The maximum Gasteiger partial charge on any atom is 0.322 e. The van der Waals surface area contributed by atoms with E-state index in [9.17, 15) is 9.18 Å². The molecule has 0 spiro atoms. The Hall–Kier alpha value is -3.73. The number of anilines is 1. The lowest BCUT2D eigenvalue weighted by atomic mass is 9.80. The summed E-state index contributed by atoms with van der Waals surface area (Å²) in [6, 6.07) is 24.9. The molecule has 35 heavy (non-hydrogen) atoms. The molecule has 178 valence electrons.